The van der Waals surface area contributed by atoms with Crippen LogP contribution in [0.15, 0.2) is 47.6 Å². The normalized spacial score (nSPS) is 10.7. The Kier molecular flexibility index (Phi) is 4.55. The van der Waals surface area contributed by atoms with Crippen molar-refractivity contribution < 1.29 is 19.1 Å². The van der Waals surface area contributed by atoms with Gasteiger partial charge in [0.15, 0.2) is 0 Å². The molecule has 104 valence electrons. The van der Waals surface area contributed by atoms with Gasteiger partial charge >= 0.3 is 0 Å². The monoisotopic (exact) mass is 275 g/mol. The van der Waals surface area contributed by atoms with Gasteiger partial charge in [-0.2, -0.15) is 0 Å². The molecular weight excluding hydrogens is 261 g/mol. The largest absolute Gasteiger partial charge is 0.497 e. The van der Waals surface area contributed by atoms with Crippen LogP contribution < -0.4 is 9.47 Å². The predicted molar refractivity (Wildman–Crippen MR) is 73.1 cm³/mol. The number of nitrogens with zero attached hydrogens (tertiary/aromatic N) is 1. The maximum absolute atomic E-state index is 12.8. The van der Waals surface area contributed by atoms with E-state index in [1.807, 2.05) is 0 Å². The maximum atomic E-state index is 12.8. The third kappa shape index (κ3) is 3.47. The molecule has 0 aliphatic carbocycles. The molecule has 0 spiro atoms. The lowest BCUT2D eigenvalue weighted by atomic mass is 10.2. The summed E-state index contributed by atoms with van der Waals surface area (Å²) in [4.78, 5) is 0. The summed E-state index contributed by atoms with van der Waals surface area (Å²) < 4.78 is 23.6. The topological polar surface area (TPSA) is 51.0 Å². The first-order valence-electron chi connectivity index (χ1n) is 5.95. The fourth-order valence-electron chi connectivity index (χ4n) is 1.68. The summed E-state index contributed by atoms with van der Waals surface area (Å²) in [5.74, 6) is 0.865. The zero-order chi connectivity index (χ0) is 14.4. The smallest absolute Gasteiger partial charge is 0.132 e. The van der Waals surface area contributed by atoms with Gasteiger partial charge in [-0.3, -0.25) is 0 Å². The molecule has 0 heterocycles. The quantitative estimate of drug-likeness (QED) is 0.518. The highest BCUT2D eigenvalue weighted by Gasteiger charge is 2.05. The van der Waals surface area contributed by atoms with Gasteiger partial charge in [0.25, 0.3) is 0 Å². The van der Waals surface area contributed by atoms with Crippen molar-refractivity contribution in [3.63, 3.8) is 0 Å². The number of rotatable bonds is 5. The summed E-state index contributed by atoms with van der Waals surface area (Å²) >= 11 is 0. The number of benzene rings is 2. The minimum atomic E-state index is -0.289. The Morgan fingerprint density at radius 2 is 1.95 bits per heavy atom. The number of halogens is 1. The molecule has 0 saturated carbocycles. The fraction of sp³-hybridized carbons (Fsp3) is 0.133. The minimum Gasteiger partial charge on any atom is -0.497 e. The molecule has 0 atom stereocenters. The van der Waals surface area contributed by atoms with E-state index in [9.17, 15) is 4.39 Å². The Bertz CT molecular complexity index is 597. The van der Waals surface area contributed by atoms with Gasteiger partial charge in [-0.15, -0.1) is 0 Å². The highest BCUT2D eigenvalue weighted by Crippen LogP contribution is 2.24. The van der Waals surface area contributed by atoms with E-state index in [2.05, 4.69) is 5.16 Å². The lowest BCUT2D eigenvalue weighted by molar-refractivity contribution is 0.301. The summed E-state index contributed by atoms with van der Waals surface area (Å²) in [6.07, 6.45) is 1.28. The van der Waals surface area contributed by atoms with Crippen LogP contribution in [0.2, 0.25) is 0 Å². The van der Waals surface area contributed by atoms with Crippen molar-refractivity contribution >= 4 is 6.21 Å². The average molecular weight is 275 g/mol. The zero-order valence-electron chi connectivity index (χ0n) is 10.9. The van der Waals surface area contributed by atoms with Gasteiger partial charge in [0.2, 0.25) is 0 Å². The van der Waals surface area contributed by atoms with Crippen molar-refractivity contribution in [3.05, 3.63) is 59.4 Å². The molecule has 1 N–H and O–H groups in total. The molecule has 0 radical (unpaired) electrons. The van der Waals surface area contributed by atoms with E-state index in [1.54, 1.807) is 37.4 Å². The molecule has 0 aromatic heterocycles. The molecule has 2 aromatic carbocycles. The van der Waals surface area contributed by atoms with Crippen molar-refractivity contribution in [2.75, 3.05) is 7.11 Å². The van der Waals surface area contributed by atoms with E-state index in [-0.39, 0.29) is 12.4 Å². The van der Waals surface area contributed by atoms with Crippen LogP contribution >= 0.6 is 0 Å². The van der Waals surface area contributed by atoms with Crippen LogP contribution in [0.1, 0.15) is 11.1 Å². The highest BCUT2D eigenvalue weighted by molar-refractivity contribution is 5.83. The molecule has 0 unspecified atom stereocenters. The van der Waals surface area contributed by atoms with Crippen molar-refractivity contribution in [1.29, 1.82) is 0 Å². The predicted octanol–water partition coefficient (Wildman–Crippen LogP) is 3.22. The van der Waals surface area contributed by atoms with Crippen molar-refractivity contribution in [2.45, 2.75) is 6.61 Å². The standard InChI is InChI=1S/C15H14FNO3/c1-19-14-7-4-12(9-17-18)15(8-14)20-10-11-2-5-13(16)6-3-11/h2-9,18H,10H2,1H3. The molecule has 0 aliphatic rings. The van der Waals surface area contributed by atoms with Crippen molar-refractivity contribution in [2.24, 2.45) is 5.16 Å². The molecule has 5 heteroatoms. The average Bonchev–Trinajstić information content (AvgIpc) is 2.48. The molecule has 2 rings (SSSR count). The lowest BCUT2D eigenvalue weighted by Gasteiger charge is -2.10. The van der Waals surface area contributed by atoms with E-state index in [0.29, 0.717) is 17.1 Å². The Hall–Kier alpha value is -2.56. The Morgan fingerprint density at radius 1 is 1.20 bits per heavy atom. The van der Waals surface area contributed by atoms with Gasteiger partial charge in [-0.25, -0.2) is 4.39 Å². The minimum absolute atomic E-state index is 0.277. The van der Waals surface area contributed by atoms with Crippen LogP contribution in [0.3, 0.4) is 0 Å². The van der Waals surface area contributed by atoms with Gasteiger partial charge in [0, 0.05) is 11.6 Å². The maximum Gasteiger partial charge on any atom is 0.132 e. The van der Waals surface area contributed by atoms with Crippen LogP contribution in [0.4, 0.5) is 4.39 Å². The molecule has 0 fully saturated rings. The summed E-state index contributed by atoms with van der Waals surface area (Å²) in [5, 5.41) is 11.6. The van der Waals surface area contributed by atoms with Crippen LogP contribution in [-0.2, 0) is 6.61 Å². The van der Waals surface area contributed by atoms with Gasteiger partial charge in [0.1, 0.15) is 23.9 Å². The Balaban J connectivity index is 2.16. The van der Waals surface area contributed by atoms with E-state index in [0.717, 1.165) is 5.56 Å². The van der Waals surface area contributed by atoms with E-state index in [1.165, 1.54) is 18.3 Å². The number of hydrogen-bond acceptors (Lipinski definition) is 4. The van der Waals surface area contributed by atoms with E-state index in [4.69, 9.17) is 14.7 Å². The number of oxime groups is 1. The van der Waals surface area contributed by atoms with Crippen LogP contribution in [0.25, 0.3) is 0 Å². The van der Waals surface area contributed by atoms with Gasteiger partial charge in [0.05, 0.1) is 13.3 Å². The highest BCUT2D eigenvalue weighted by atomic mass is 19.1. The van der Waals surface area contributed by atoms with Gasteiger partial charge in [-0.05, 0) is 29.8 Å². The molecular formula is C15H14FNO3. The van der Waals surface area contributed by atoms with Crippen LogP contribution in [0, 0.1) is 5.82 Å². The summed E-state index contributed by atoms with van der Waals surface area (Å²) in [6, 6.07) is 11.2. The third-order valence-corrected chi connectivity index (χ3v) is 2.73. The Morgan fingerprint density at radius 3 is 2.60 bits per heavy atom. The molecule has 0 amide bonds. The third-order valence-electron chi connectivity index (χ3n) is 2.73. The second-order valence-electron chi connectivity index (χ2n) is 4.06. The first kappa shape index (κ1) is 13.9. The van der Waals surface area contributed by atoms with E-state index < -0.39 is 0 Å². The second kappa shape index (κ2) is 6.56. The van der Waals surface area contributed by atoms with E-state index >= 15 is 0 Å². The number of methoxy groups -OCH3 is 1. The molecule has 4 nitrogen and oxygen atoms in total. The van der Waals surface area contributed by atoms with Crippen molar-refractivity contribution in [1.82, 2.24) is 0 Å². The molecule has 0 aliphatic heterocycles. The van der Waals surface area contributed by atoms with Gasteiger partial charge < -0.3 is 14.7 Å². The fourth-order valence-corrected chi connectivity index (χ4v) is 1.68. The first-order valence-corrected chi connectivity index (χ1v) is 5.95. The zero-order valence-corrected chi connectivity index (χ0v) is 10.9. The lowest BCUT2D eigenvalue weighted by Crippen LogP contribution is -1.99. The van der Waals surface area contributed by atoms with Crippen LogP contribution in [-0.4, -0.2) is 18.5 Å². The molecule has 2 aromatic rings. The molecule has 20 heavy (non-hydrogen) atoms. The van der Waals surface area contributed by atoms with Crippen molar-refractivity contribution in [3.8, 4) is 11.5 Å². The number of hydrogen-bond donors (Lipinski definition) is 1. The second-order valence-corrected chi connectivity index (χ2v) is 4.06. The molecule has 0 bridgehead atoms. The Labute approximate surface area is 116 Å². The summed E-state index contributed by atoms with van der Waals surface area (Å²) in [5.41, 5.74) is 1.46. The molecule has 0 saturated heterocycles. The summed E-state index contributed by atoms with van der Waals surface area (Å²) in [7, 11) is 1.55. The van der Waals surface area contributed by atoms with Crippen LogP contribution in [0.5, 0.6) is 11.5 Å². The van der Waals surface area contributed by atoms with Gasteiger partial charge in [-0.1, -0.05) is 17.3 Å². The SMILES string of the molecule is COc1ccc(C=NO)c(OCc2ccc(F)cc2)c1. The number of ether oxygens (including phenoxy) is 2. The first-order chi connectivity index (χ1) is 9.72. The summed E-state index contributed by atoms with van der Waals surface area (Å²) in [6.45, 7) is 0.277.